The van der Waals surface area contributed by atoms with Gasteiger partial charge in [-0.05, 0) is 43.4 Å². The summed E-state index contributed by atoms with van der Waals surface area (Å²) in [5, 5.41) is 10.6. The molecular weight excluding hydrogens is 220 g/mol. The van der Waals surface area contributed by atoms with Crippen LogP contribution in [-0.2, 0) is 12.0 Å². The van der Waals surface area contributed by atoms with Gasteiger partial charge in [-0.1, -0.05) is 54.6 Å². The maximum absolute atomic E-state index is 10.6. The van der Waals surface area contributed by atoms with E-state index in [2.05, 4.69) is 12.1 Å². The summed E-state index contributed by atoms with van der Waals surface area (Å²) in [5.74, 6) is 0. The largest absolute Gasteiger partial charge is 0.385 e. The molecule has 1 nitrogen and oxygen atoms in total. The summed E-state index contributed by atoms with van der Waals surface area (Å²) in [6.45, 7) is 3.95. The molecule has 1 unspecified atom stereocenters. The molecule has 0 saturated heterocycles. The number of rotatable bonds is 4. The monoisotopic (exact) mass is 240 g/mol. The fraction of sp³-hybridized carbons (Fsp3) is 0.294. The summed E-state index contributed by atoms with van der Waals surface area (Å²) in [7, 11) is 0. The van der Waals surface area contributed by atoms with Crippen molar-refractivity contribution in [2.45, 2.75) is 32.3 Å². The van der Waals surface area contributed by atoms with E-state index in [-0.39, 0.29) is 0 Å². The minimum absolute atomic E-state index is 0.738. The molecule has 2 aromatic rings. The highest BCUT2D eigenvalue weighted by Crippen LogP contribution is 2.28. The molecule has 0 aliphatic rings. The third-order valence-electron chi connectivity index (χ3n) is 3.47. The van der Waals surface area contributed by atoms with Crippen molar-refractivity contribution in [1.29, 1.82) is 0 Å². The molecule has 0 saturated carbocycles. The van der Waals surface area contributed by atoms with Crippen molar-refractivity contribution in [2.75, 3.05) is 0 Å². The van der Waals surface area contributed by atoms with Gasteiger partial charge in [0.25, 0.3) is 0 Å². The minimum Gasteiger partial charge on any atom is -0.385 e. The standard InChI is InChI=1S/C17H20O/c1-14-8-6-7-11-16(14)17(2,18)13-12-15-9-4-3-5-10-15/h3-11,18H,12-13H2,1-2H3. The highest BCUT2D eigenvalue weighted by Gasteiger charge is 2.24. The van der Waals surface area contributed by atoms with Crippen molar-refractivity contribution < 1.29 is 5.11 Å². The van der Waals surface area contributed by atoms with Gasteiger partial charge in [0.2, 0.25) is 0 Å². The van der Waals surface area contributed by atoms with Gasteiger partial charge in [0.05, 0.1) is 5.60 Å². The summed E-state index contributed by atoms with van der Waals surface area (Å²) in [6.07, 6.45) is 1.63. The van der Waals surface area contributed by atoms with Crippen molar-refractivity contribution in [3.63, 3.8) is 0 Å². The Bertz CT molecular complexity index is 500. The van der Waals surface area contributed by atoms with Crippen molar-refractivity contribution >= 4 is 0 Å². The zero-order chi connectivity index (χ0) is 13.0. The Balaban J connectivity index is 2.11. The molecular formula is C17H20O. The van der Waals surface area contributed by atoms with Gasteiger partial charge in [-0.3, -0.25) is 0 Å². The normalized spacial score (nSPS) is 14.2. The molecule has 0 aliphatic carbocycles. The molecule has 94 valence electrons. The van der Waals surface area contributed by atoms with E-state index in [0.29, 0.717) is 0 Å². The minimum atomic E-state index is -0.763. The lowest BCUT2D eigenvalue weighted by molar-refractivity contribution is 0.0474. The second-order valence-corrected chi connectivity index (χ2v) is 5.07. The fourth-order valence-electron chi connectivity index (χ4n) is 2.34. The quantitative estimate of drug-likeness (QED) is 0.861. The van der Waals surface area contributed by atoms with Crippen LogP contribution in [-0.4, -0.2) is 5.11 Å². The van der Waals surface area contributed by atoms with Crippen LogP contribution in [0.2, 0.25) is 0 Å². The topological polar surface area (TPSA) is 20.2 Å². The Labute approximate surface area is 109 Å². The molecule has 0 aliphatic heterocycles. The number of aryl methyl sites for hydroxylation is 2. The Morgan fingerprint density at radius 1 is 0.944 bits per heavy atom. The first-order valence-corrected chi connectivity index (χ1v) is 6.42. The Morgan fingerprint density at radius 3 is 2.22 bits per heavy atom. The highest BCUT2D eigenvalue weighted by molar-refractivity contribution is 5.31. The van der Waals surface area contributed by atoms with E-state index in [1.807, 2.05) is 56.3 Å². The lowest BCUT2D eigenvalue weighted by Gasteiger charge is -2.25. The molecule has 0 bridgehead atoms. The highest BCUT2D eigenvalue weighted by atomic mass is 16.3. The summed E-state index contributed by atoms with van der Waals surface area (Å²) >= 11 is 0. The zero-order valence-electron chi connectivity index (χ0n) is 11.1. The molecule has 0 spiro atoms. The third kappa shape index (κ3) is 2.99. The maximum atomic E-state index is 10.6. The van der Waals surface area contributed by atoms with E-state index in [9.17, 15) is 5.11 Å². The fourth-order valence-corrected chi connectivity index (χ4v) is 2.34. The van der Waals surface area contributed by atoms with E-state index >= 15 is 0 Å². The lowest BCUT2D eigenvalue weighted by Crippen LogP contribution is -2.23. The first-order chi connectivity index (χ1) is 8.59. The first kappa shape index (κ1) is 12.8. The molecule has 0 amide bonds. The van der Waals surface area contributed by atoms with Crippen LogP contribution in [0.3, 0.4) is 0 Å². The van der Waals surface area contributed by atoms with Gasteiger partial charge in [-0.2, -0.15) is 0 Å². The van der Waals surface area contributed by atoms with Crippen molar-refractivity contribution in [2.24, 2.45) is 0 Å². The zero-order valence-corrected chi connectivity index (χ0v) is 11.1. The van der Waals surface area contributed by atoms with Gasteiger partial charge in [0.1, 0.15) is 0 Å². The molecule has 18 heavy (non-hydrogen) atoms. The molecule has 2 rings (SSSR count). The predicted molar refractivity (Wildman–Crippen MR) is 75.5 cm³/mol. The smallest absolute Gasteiger partial charge is 0.0874 e. The second kappa shape index (κ2) is 5.36. The van der Waals surface area contributed by atoms with Crippen molar-refractivity contribution in [3.8, 4) is 0 Å². The summed E-state index contributed by atoms with van der Waals surface area (Å²) in [4.78, 5) is 0. The van der Waals surface area contributed by atoms with Gasteiger partial charge >= 0.3 is 0 Å². The van der Waals surface area contributed by atoms with E-state index in [1.54, 1.807) is 0 Å². The second-order valence-electron chi connectivity index (χ2n) is 5.07. The van der Waals surface area contributed by atoms with E-state index in [0.717, 1.165) is 24.0 Å². The van der Waals surface area contributed by atoms with Crippen LogP contribution in [0.1, 0.15) is 30.0 Å². The Morgan fingerprint density at radius 2 is 1.56 bits per heavy atom. The molecule has 0 heterocycles. The van der Waals surface area contributed by atoms with E-state index in [4.69, 9.17) is 0 Å². The van der Waals surface area contributed by atoms with Crippen molar-refractivity contribution in [1.82, 2.24) is 0 Å². The van der Waals surface area contributed by atoms with Gasteiger partial charge in [0, 0.05) is 0 Å². The average molecular weight is 240 g/mol. The average Bonchev–Trinajstić information content (AvgIpc) is 2.38. The van der Waals surface area contributed by atoms with Crippen LogP contribution in [0.5, 0.6) is 0 Å². The molecule has 0 fully saturated rings. The first-order valence-electron chi connectivity index (χ1n) is 6.42. The van der Waals surface area contributed by atoms with Crippen molar-refractivity contribution in [3.05, 3.63) is 71.3 Å². The molecule has 1 heteroatoms. The summed E-state index contributed by atoms with van der Waals surface area (Å²) in [5.41, 5.74) is 2.68. The molecule has 0 radical (unpaired) electrons. The SMILES string of the molecule is Cc1ccccc1C(C)(O)CCc1ccccc1. The number of hydrogen-bond acceptors (Lipinski definition) is 1. The van der Waals surface area contributed by atoms with Gasteiger partial charge in [0.15, 0.2) is 0 Å². The Kier molecular flexibility index (Phi) is 3.83. The van der Waals surface area contributed by atoms with Crippen LogP contribution < -0.4 is 0 Å². The number of aliphatic hydroxyl groups is 1. The van der Waals surface area contributed by atoms with E-state index < -0.39 is 5.60 Å². The maximum Gasteiger partial charge on any atom is 0.0874 e. The molecule has 1 N–H and O–H groups in total. The van der Waals surface area contributed by atoms with Crippen LogP contribution in [0, 0.1) is 6.92 Å². The van der Waals surface area contributed by atoms with Gasteiger partial charge < -0.3 is 5.11 Å². The van der Waals surface area contributed by atoms with Crippen LogP contribution >= 0.6 is 0 Å². The molecule has 1 atom stereocenters. The van der Waals surface area contributed by atoms with Crippen LogP contribution in [0.4, 0.5) is 0 Å². The third-order valence-corrected chi connectivity index (χ3v) is 3.47. The molecule has 0 aromatic heterocycles. The van der Waals surface area contributed by atoms with Crippen LogP contribution in [0.15, 0.2) is 54.6 Å². The number of hydrogen-bond donors (Lipinski definition) is 1. The Hall–Kier alpha value is -1.60. The predicted octanol–water partition coefficient (Wildman–Crippen LogP) is 3.84. The number of benzene rings is 2. The summed E-state index contributed by atoms with van der Waals surface area (Å²) < 4.78 is 0. The van der Waals surface area contributed by atoms with E-state index in [1.165, 1.54) is 5.56 Å². The van der Waals surface area contributed by atoms with Gasteiger partial charge in [-0.25, -0.2) is 0 Å². The lowest BCUT2D eigenvalue weighted by atomic mass is 9.87. The van der Waals surface area contributed by atoms with Crippen LogP contribution in [0.25, 0.3) is 0 Å². The van der Waals surface area contributed by atoms with Gasteiger partial charge in [-0.15, -0.1) is 0 Å². The molecule has 2 aromatic carbocycles. The summed E-state index contributed by atoms with van der Waals surface area (Å²) in [6, 6.07) is 18.4.